The van der Waals surface area contributed by atoms with Gasteiger partial charge in [-0.25, -0.2) is 4.39 Å². The second kappa shape index (κ2) is 7.56. The van der Waals surface area contributed by atoms with Crippen molar-refractivity contribution in [2.24, 2.45) is 11.8 Å². The first-order valence-electron chi connectivity index (χ1n) is 8.45. The Hall–Kier alpha value is -2.89. The van der Waals surface area contributed by atoms with Crippen molar-refractivity contribution in [2.75, 3.05) is 12.4 Å². The van der Waals surface area contributed by atoms with Gasteiger partial charge in [0.1, 0.15) is 11.6 Å². The Morgan fingerprint density at radius 1 is 1.12 bits per heavy atom. The molecular weight excluding hydrogens is 335 g/mol. The zero-order valence-corrected chi connectivity index (χ0v) is 14.7. The molecule has 0 bridgehead atoms. The largest absolute Gasteiger partial charge is 0.495 e. The van der Waals surface area contributed by atoms with Crippen molar-refractivity contribution in [3.63, 3.8) is 0 Å². The van der Waals surface area contributed by atoms with Crippen LogP contribution in [0.15, 0.2) is 42.5 Å². The SMILES string of the molecule is COc1ccc(C)cc1NC(=O)C1CC1C(=O)NCc1ccc(F)cc1. The summed E-state index contributed by atoms with van der Waals surface area (Å²) in [6.07, 6.45) is 0.523. The summed E-state index contributed by atoms with van der Waals surface area (Å²) in [5.41, 5.74) is 2.42. The summed E-state index contributed by atoms with van der Waals surface area (Å²) >= 11 is 0. The molecule has 2 N–H and O–H groups in total. The fourth-order valence-corrected chi connectivity index (χ4v) is 2.84. The Kier molecular flexibility index (Phi) is 5.21. The lowest BCUT2D eigenvalue weighted by Gasteiger charge is -2.11. The molecule has 136 valence electrons. The zero-order valence-electron chi connectivity index (χ0n) is 14.7. The highest BCUT2D eigenvalue weighted by Crippen LogP contribution is 2.40. The van der Waals surface area contributed by atoms with E-state index in [1.807, 2.05) is 19.1 Å². The number of hydrogen-bond donors (Lipinski definition) is 2. The van der Waals surface area contributed by atoms with Crippen molar-refractivity contribution in [2.45, 2.75) is 19.9 Å². The normalized spacial score (nSPS) is 18.1. The van der Waals surface area contributed by atoms with Crippen molar-refractivity contribution in [3.8, 4) is 5.75 Å². The summed E-state index contributed by atoms with van der Waals surface area (Å²) in [5, 5.41) is 5.64. The number of amides is 2. The van der Waals surface area contributed by atoms with Gasteiger partial charge in [0.05, 0.1) is 24.6 Å². The molecule has 0 heterocycles. The quantitative estimate of drug-likeness (QED) is 0.836. The molecule has 5 nitrogen and oxygen atoms in total. The molecule has 2 unspecified atom stereocenters. The zero-order chi connectivity index (χ0) is 18.7. The summed E-state index contributed by atoms with van der Waals surface area (Å²) in [6, 6.07) is 11.5. The van der Waals surface area contributed by atoms with Gasteiger partial charge in [-0.3, -0.25) is 9.59 Å². The number of nitrogens with one attached hydrogen (secondary N) is 2. The van der Waals surface area contributed by atoms with Gasteiger partial charge in [0.25, 0.3) is 0 Å². The molecule has 0 saturated heterocycles. The van der Waals surface area contributed by atoms with Crippen molar-refractivity contribution >= 4 is 17.5 Å². The first-order chi connectivity index (χ1) is 12.5. The minimum Gasteiger partial charge on any atom is -0.495 e. The van der Waals surface area contributed by atoms with Crippen LogP contribution < -0.4 is 15.4 Å². The van der Waals surface area contributed by atoms with Gasteiger partial charge < -0.3 is 15.4 Å². The van der Waals surface area contributed by atoms with Crippen molar-refractivity contribution in [3.05, 3.63) is 59.4 Å². The number of aryl methyl sites for hydroxylation is 1. The Morgan fingerprint density at radius 3 is 2.50 bits per heavy atom. The Bertz CT molecular complexity index is 820. The molecule has 1 aliphatic carbocycles. The summed E-state index contributed by atoms with van der Waals surface area (Å²) in [6.45, 7) is 2.24. The lowest BCUT2D eigenvalue weighted by molar-refractivity contribution is -0.125. The van der Waals surface area contributed by atoms with Gasteiger partial charge in [-0.05, 0) is 48.7 Å². The van der Waals surface area contributed by atoms with Crippen molar-refractivity contribution < 1.29 is 18.7 Å². The van der Waals surface area contributed by atoms with Crippen LogP contribution in [0.3, 0.4) is 0 Å². The molecule has 2 aromatic carbocycles. The second-order valence-corrected chi connectivity index (χ2v) is 6.49. The average Bonchev–Trinajstić information content (AvgIpc) is 3.42. The summed E-state index contributed by atoms with van der Waals surface area (Å²) in [7, 11) is 1.54. The van der Waals surface area contributed by atoms with Gasteiger partial charge >= 0.3 is 0 Å². The maximum Gasteiger partial charge on any atom is 0.228 e. The second-order valence-electron chi connectivity index (χ2n) is 6.49. The van der Waals surface area contributed by atoms with Gasteiger partial charge in [-0.1, -0.05) is 18.2 Å². The maximum atomic E-state index is 12.9. The summed E-state index contributed by atoms with van der Waals surface area (Å²) in [5.74, 6) is -0.742. The van der Waals surface area contributed by atoms with Crippen molar-refractivity contribution in [1.82, 2.24) is 5.32 Å². The van der Waals surface area contributed by atoms with E-state index >= 15 is 0 Å². The van der Waals surface area contributed by atoms with Gasteiger partial charge in [0.15, 0.2) is 0 Å². The van der Waals surface area contributed by atoms with E-state index in [-0.39, 0.29) is 29.5 Å². The molecule has 2 atom stereocenters. The number of methoxy groups -OCH3 is 1. The van der Waals surface area contributed by atoms with Crippen LogP contribution >= 0.6 is 0 Å². The number of halogens is 1. The molecule has 0 aromatic heterocycles. The molecule has 1 saturated carbocycles. The number of ether oxygens (including phenoxy) is 1. The molecule has 0 aliphatic heterocycles. The Morgan fingerprint density at radius 2 is 1.81 bits per heavy atom. The predicted molar refractivity (Wildman–Crippen MR) is 96.2 cm³/mol. The molecular formula is C20H21FN2O3. The molecule has 26 heavy (non-hydrogen) atoms. The first kappa shape index (κ1) is 17.9. The maximum absolute atomic E-state index is 12.9. The Balaban J connectivity index is 1.53. The van der Waals surface area contributed by atoms with E-state index < -0.39 is 0 Å². The van der Waals surface area contributed by atoms with Crippen LogP contribution in [-0.4, -0.2) is 18.9 Å². The highest BCUT2D eigenvalue weighted by molar-refractivity contribution is 6.00. The molecule has 0 radical (unpaired) electrons. The fourth-order valence-electron chi connectivity index (χ4n) is 2.84. The minimum atomic E-state index is -0.339. The van der Waals surface area contributed by atoms with Crippen LogP contribution in [-0.2, 0) is 16.1 Å². The third-order valence-corrected chi connectivity index (χ3v) is 4.46. The van der Waals surface area contributed by atoms with Gasteiger partial charge in [0.2, 0.25) is 11.8 Å². The lowest BCUT2D eigenvalue weighted by Crippen LogP contribution is -2.27. The van der Waals surface area contributed by atoms with E-state index in [0.717, 1.165) is 11.1 Å². The fraction of sp³-hybridized carbons (Fsp3) is 0.300. The molecule has 1 fully saturated rings. The molecule has 0 spiro atoms. The summed E-state index contributed by atoms with van der Waals surface area (Å²) in [4.78, 5) is 24.6. The number of rotatable bonds is 6. The highest BCUT2D eigenvalue weighted by atomic mass is 19.1. The molecule has 3 rings (SSSR count). The number of hydrogen-bond acceptors (Lipinski definition) is 3. The molecule has 2 amide bonds. The number of carbonyl (C=O) groups excluding carboxylic acids is 2. The third kappa shape index (κ3) is 4.20. The lowest BCUT2D eigenvalue weighted by atomic mass is 10.2. The first-order valence-corrected chi connectivity index (χ1v) is 8.45. The minimum absolute atomic E-state index is 0.161. The van der Waals surface area contributed by atoms with E-state index in [0.29, 0.717) is 24.4 Å². The van der Waals surface area contributed by atoms with E-state index in [1.54, 1.807) is 25.3 Å². The molecule has 2 aromatic rings. The third-order valence-electron chi connectivity index (χ3n) is 4.46. The van der Waals surface area contributed by atoms with E-state index in [2.05, 4.69) is 10.6 Å². The van der Waals surface area contributed by atoms with Crippen LogP contribution in [0, 0.1) is 24.6 Å². The monoisotopic (exact) mass is 356 g/mol. The number of benzene rings is 2. The molecule has 6 heteroatoms. The van der Waals surface area contributed by atoms with Gasteiger partial charge in [-0.2, -0.15) is 0 Å². The van der Waals surface area contributed by atoms with E-state index in [1.165, 1.54) is 12.1 Å². The topological polar surface area (TPSA) is 67.4 Å². The van der Waals surface area contributed by atoms with E-state index in [4.69, 9.17) is 4.74 Å². The highest BCUT2D eigenvalue weighted by Gasteiger charge is 2.48. The molecule has 1 aliphatic rings. The summed E-state index contributed by atoms with van der Waals surface area (Å²) < 4.78 is 18.1. The van der Waals surface area contributed by atoms with Crippen molar-refractivity contribution in [1.29, 1.82) is 0 Å². The predicted octanol–water partition coefficient (Wildman–Crippen LogP) is 3.03. The standard InChI is InChI=1S/C20H21FN2O3/c1-12-3-8-18(26-2)17(9-12)23-20(25)16-10-15(16)19(24)22-11-13-4-6-14(21)7-5-13/h3-9,15-16H,10-11H2,1-2H3,(H,22,24)(H,23,25). The van der Waals surface area contributed by atoms with Crippen LogP contribution in [0.25, 0.3) is 0 Å². The average molecular weight is 356 g/mol. The van der Waals surface area contributed by atoms with Gasteiger partial charge in [-0.15, -0.1) is 0 Å². The van der Waals surface area contributed by atoms with Crippen LogP contribution in [0.1, 0.15) is 17.5 Å². The number of anilines is 1. The van der Waals surface area contributed by atoms with Crippen LogP contribution in [0.2, 0.25) is 0 Å². The van der Waals surface area contributed by atoms with Crippen LogP contribution in [0.5, 0.6) is 5.75 Å². The Labute approximate surface area is 151 Å². The van der Waals surface area contributed by atoms with Gasteiger partial charge in [0, 0.05) is 6.54 Å². The van der Waals surface area contributed by atoms with E-state index in [9.17, 15) is 14.0 Å². The number of carbonyl (C=O) groups is 2. The smallest absolute Gasteiger partial charge is 0.228 e. The van der Waals surface area contributed by atoms with Crippen LogP contribution in [0.4, 0.5) is 10.1 Å².